The van der Waals surface area contributed by atoms with E-state index in [-0.39, 0.29) is 12.3 Å². The molecule has 0 saturated heterocycles. The second-order valence-corrected chi connectivity index (χ2v) is 3.43. The van der Waals surface area contributed by atoms with Crippen LogP contribution < -0.4 is 11.4 Å². The van der Waals surface area contributed by atoms with E-state index in [1.54, 1.807) is 19.1 Å². The van der Waals surface area contributed by atoms with E-state index in [4.69, 9.17) is 10.2 Å². The lowest BCUT2D eigenvalue weighted by molar-refractivity contribution is 0.470. The third-order valence-electron chi connectivity index (χ3n) is 2.37. The molecule has 15 heavy (non-hydrogen) atoms. The Morgan fingerprint density at radius 3 is 2.80 bits per heavy atom. The van der Waals surface area contributed by atoms with Crippen molar-refractivity contribution in [2.75, 3.05) is 0 Å². The zero-order chi connectivity index (χ0) is 11.0. The number of hydrogen-bond acceptors (Lipinski definition) is 4. The second-order valence-electron chi connectivity index (χ2n) is 3.43. The van der Waals surface area contributed by atoms with Crippen LogP contribution in [0.2, 0.25) is 0 Å². The van der Waals surface area contributed by atoms with Crippen LogP contribution in [0, 0.1) is 6.92 Å². The highest BCUT2D eigenvalue weighted by Crippen LogP contribution is 2.25. The van der Waals surface area contributed by atoms with Crippen LogP contribution >= 0.6 is 0 Å². The maximum absolute atomic E-state index is 11.2. The highest BCUT2D eigenvalue weighted by atomic mass is 16.4. The highest BCUT2D eigenvalue weighted by Gasteiger charge is 2.07. The van der Waals surface area contributed by atoms with Gasteiger partial charge in [0.25, 0.3) is 0 Å². The Bertz CT molecular complexity index is 572. The van der Waals surface area contributed by atoms with Gasteiger partial charge < -0.3 is 15.3 Å². The first-order valence-corrected chi connectivity index (χ1v) is 4.58. The average molecular weight is 205 g/mol. The fourth-order valence-corrected chi connectivity index (χ4v) is 1.53. The van der Waals surface area contributed by atoms with Gasteiger partial charge in [0.1, 0.15) is 11.3 Å². The number of hydrogen-bond donors (Lipinski definition) is 2. The van der Waals surface area contributed by atoms with Crippen molar-refractivity contribution in [3.05, 3.63) is 39.7 Å². The number of phenolic OH excluding ortho intramolecular Hbond substituents is 1. The van der Waals surface area contributed by atoms with Gasteiger partial charge in [0.2, 0.25) is 0 Å². The van der Waals surface area contributed by atoms with Crippen LogP contribution in [0.1, 0.15) is 11.1 Å². The molecule has 0 saturated carbocycles. The lowest BCUT2D eigenvalue weighted by Crippen LogP contribution is -2.05. The van der Waals surface area contributed by atoms with E-state index < -0.39 is 5.63 Å². The predicted octanol–water partition coefficient (Wildman–Crippen LogP) is 1.27. The molecule has 0 radical (unpaired) electrons. The number of aromatic hydroxyl groups is 1. The van der Waals surface area contributed by atoms with E-state index in [0.717, 1.165) is 0 Å². The zero-order valence-corrected chi connectivity index (χ0v) is 8.28. The van der Waals surface area contributed by atoms with E-state index in [2.05, 4.69) is 0 Å². The molecule has 0 bridgehead atoms. The van der Waals surface area contributed by atoms with Gasteiger partial charge in [-0.05, 0) is 30.2 Å². The molecular weight excluding hydrogens is 194 g/mol. The second kappa shape index (κ2) is 3.40. The van der Waals surface area contributed by atoms with Crippen LogP contribution in [0.3, 0.4) is 0 Å². The fourth-order valence-electron chi connectivity index (χ4n) is 1.53. The summed E-state index contributed by atoms with van der Waals surface area (Å²) in [6, 6.07) is 4.54. The van der Waals surface area contributed by atoms with Gasteiger partial charge in [-0.3, -0.25) is 0 Å². The Balaban J connectivity index is 2.90. The molecule has 0 unspecified atom stereocenters. The Morgan fingerprint density at radius 2 is 2.13 bits per heavy atom. The molecule has 0 fully saturated rings. The maximum atomic E-state index is 11.2. The molecule has 4 heteroatoms. The number of nitrogens with two attached hydrogens (primary N) is 1. The van der Waals surface area contributed by atoms with E-state index in [9.17, 15) is 9.90 Å². The maximum Gasteiger partial charge on any atom is 0.336 e. The summed E-state index contributed by atoms with van der Waals surface area (Å²) in [7, 11) is 0. The van der Waals surface area contributed by atoms with Crippen LogP contribution in [0.4, 0.5) is 0 Å². The van der Waals surface area contributed by atoms with Gasteiger partial charge in [-0.2, -0.15) is 0 Å². The summed E-state index contributed by atoms with van der Waals surface area (Å²) in [4.78, 5) is 11.2. The molecule has 0 aliphatic heterocycles. The van der Waals surface area contributed by atoms with Crippen LogP contribution in [-0.4, -0.2) is 5.11 Å². The lowest BCUT2D eigenvalue weighted by atomic mass is 10.1. The summed E-state index contributed by atoms with van der Waals surface area (Å²) < 4.78 is 5.02. The van der Waals surface area contributed by atoms with Crippen molar-refractivity contribution in [3.63, 3.8) is 0 Å². The molecule has 4 nitrogen and oxygen atoms in total. The van der Waals surface area contributed by atoms with Gasteiger partial charge in [0.05, 0.1) is 0 Å². The zero-order valence-electron chi connectivity index (χ0n) is 8.28. The monoisotopic (exact) mass is 205 g/mol. The first kappa shape index (κ1) is 9.73. The normalized spacial score (nSPS) is 10.8. The van der Waals surface area contributed by atoms with Crippen LogP contribution in [0.5, 0.6) is 5.75 Å². The first-order chi connectivity index (χ1) is 7.11. The molecule has 2 aromatic rings. The molecule has 0 amide bonds. The molecule has 0 spiro atoms. The van der Waals surface area contributed by atoms with Crippen LogP contribution in [-0.2, 0) is 6.54 Å². The molecule has 3 N–H and O–H groups in total. The van der Waals surface area contributed by atoms with Crippen molar-refractivity contribution in [1.29, 1.82) is 0 Å². The molecule has 2 rings (SSSR count). The summed E-state index contributed by atoms with van der Waals surface area (Å²) in [6.07, 6.45) is 0. The van der Waals surface area contributed by atoms with Gasteiger partial charge >= 0.3 is 5.63 Å². The molecule has 0 aliphatic rings. The average Bonchev–Trinajstić information content (AvgIpc) is 2.19. The van der Waals surface area contributed by atoms with Gasteiger partial charge in [-0.25, -0.2) is 4.79 Å². The van der Waals surface area contributed by atoms with Crippen molar-refractivity contribution >= 4 is 11.0 Å². The summed E-state index contributed by atoms with van der Waals surface area (Å²) in [6.45, 7) is 1.98. The molecule has 0 atom stereocenters. The summed E-state index contributed by atoms with van der Waals surface area (Å²) in [5.41, 5.74) is 6.89. The first-order valence-electron chi connectivity index (χ1n) is 4.58. The van der Waals surface area contributed by atoms with Gasteiger partial charge in [-0.1, -0.05) is 0 Å². The fraction of sp³-hybridized carbons (Fsp3) is 0.182. The molecule has 0 aliphatic carbocycles. The van der Waals surface area contributed by atoms with Crippen molar-refractivity contribution in [1.82, 2.24) is 0 Å². The van der Waals surface area contributed by atoms with E-state index in [0.29, 0.717) is 22.1 Å². The van der Waals surface area contributed by atoms with Crippen LogP contribution in [0.15, 0.2) is 27.4 Å². The van der Waals surface area contributed by atoms with Crippen LogP contribution in [0.25, 0.3) is 11.0 Å². The number of aryl methyl sites for hydroxylation is 1. The number of phenols is 1. The molecule has 1 aromatic carbocycles. The van der Waals surface area contributed by atoms with E-state index in [1.807, 2.05) is 0 Å². The molecule has 78 valence electrons. The Kier molecular flexibility index (Phi) is 2.21. The van der Waals surface area contributed by atoms with Crippen molar-refractivity contribution < 1.29 is 9.52 Å². The minimum absolute atomic E-state index is 0.172. The molecular formula is C11H11NO3. The Morgan fingerprint density at radius 1 is 1.40 bits per heavy atom. The minimum Gasteiger partial charge on any atom is -0.508 e. The largest absolute Gasteiger partial charge is 0.508 e. The summed E-state index contributed by atoms with van der Waals surface area (Å²) >= 11 is 0. The van der Waals surface area contributed by atoms with Crippen molar-refractivity contribution in [3.8, 4) is 5.75 Å². The van der Waals surface area contributed by atoms with Gasteiger partial charge in [0.15, 0.2) is 0 Å². The summed E-state index contributed by atoms with van der Waals surface area (Å²) in [5, 5.41) is 10.2. The molecule has 1 aromatic heterocycles. The summed E-state index contributed by atoms with van der Waals surface area (Å²) in [5.74, 6) is 0.172. The SMILES string of the molecule is Cc1cc2oc(=O)cc(CN)c2cc1O. The molecule has 1 heterocycles. The predicted molar refractivity (Wildman–Crippen MR) is 56.8 cm³/mol. The lowest BCUT2D eigenvalue weighted by Gasteiger charge is -2.05. The standard InChI is InChI=1S/C11H11NO3/c1-6-2-10-8(4-9(6)13)7(5-12)3-11(14)15-10/h2-4,13H,5,12H2,1H3. The minimum atomic E-state index is -0.423. The topological polar surface area (TPSA) is 76.5 Å². The Hall–Kier alpha value is -1.81. The van der Waals surface area contributed by atoms with Crippen molar-refractivity contribution in [2.45, 2.75) is 13.5 Å². The third kappa shape index (κ3) is 1.59. The number of fused-ring (bicyclic) bond motifs is 1. The number of rotatable bonds is 1. The smallest absolute Gasteiger partial charge is 0.336 e. The van der Waals surface area contributed by atoms with Gasteiger partial charge in [-0.15, -0.1) is 0 Å². The van der Waals surface area contributed by atoms with Crippen molar-refractivity contribution in [2.24, 2.45) is 5.73 Å². The number of benzene rings is 1. The van der Waals surface area contributed by atoms with E-state index in [1.165, 1.54) is 6.07 Å². The third-order valence-corrected chi connectivity index (χ3v) is 2.37. The van der Waals surface area contributed by atoms with E-state index >= 15 is 0 Å². The Labute approximate surface area is 85.9 Å². The van der Waals surface area contributed by atoms with Gasteiger partial charge in [0, 0.05) is 18.0 Å². The quantitative estimate of drug-likeness (QED) is 0.687. The highest BCUT2D eigenvalue weighted by molar-refractivity contribution is 5.82.